The predicted molar refractivity (Wildman–Crippen MR) is 86.9 cm³/mol. The Morgan fingerprint density at radius 2 is 2.05 bits per heavy atom. The van der Waals surface area contributed by atoms with Crippen molar-refractivity contribution in [3.63, 3.8) is 0 Å². The molecule has 22 heavy (non-hydrogen) atoms. The van der Waals surface area contributed by atoms with Gasteiger partial charge < -0.3 is 10.2 Å². The zero-order valence-electron chi connectivity index (χ0n) is 13.2. The van der Waals surface area contributed by atoms with E-state index in [0.29, 0.717) is 17.9 Å². The van der Waals surface area contributed by atoms with E-state index in [1.807, 2.05) is 24.3 Å². The molecular formula is C18H24N2O2. The quantitative estimate of drug-likeness (QED) is 0.932. The normalized spacial score (nSPS) is 25.3. The van der Waals surface area contributed by atoms with Gasteiger partial charge in [-0.05, 0) is 43.4 Å². The van der Waals surface area contributed by atoms with Crippen molar-refractivity contribution in [3.05, 3.63) is 29.8 Å². The van der Waals surface area contributed by atoms with Gasteiger partial charge in [-0.1, -0.05) is 25.8 Å². The third kappa shape index (κ3) is 3.16. The van der Waals surface area contributed by atoms with Gasteiger partial charge in [-0.2, -0.15) is 0 Å². The van der Waals surface area contributed by atoms with Gasteiger partial charge in [0.15, 0.2) is 0 Å². The summed E-state index contributed by atoms with van der Waals surface area (Å²) >= 11 is 0. The van der Waals surface area contributed by atoms with Crippen molar-refractivity contribution in [3.8, 4) is 0 Å². The molecule has 2 fully saturated rings. The van der Waals surface area contributed by atoms with E-state index in [1.54, 1.807) is 4.90 Å². The second-order valence-electron chi connectivity index (χ2n) is 6.54. The van der Waals surface area contributed by atoms with Crippen molar-refractivity contribution < 1.29 is 9.59 Å². The highest BCUT2D eigenvalue weighted by atomic mass is 16.2. The third-order valence-corrected chi connectivity index (χ3v) is 4.92. The molecule has 4 heteroatoms. The molecule has 1 N–H and O–H groups in total. The molecular weight excluding hydrogens is 276 g/mol. The maximum atomic E-state index is 12.5. The van der Waals surface area contributed by atoms with Crippen LogP contribution in [0.5, 0.6) is 0 Å². The smallest absolute Gasteiger partial charge is 0.251 e. The average Bonchev–Trinajstić information content (AvgIpc) is 2.96. The van der Waals surface area contributed by atoms with E-state index in [-0.39, 0.29) is 17.9 Å². The van der Waals surface area contributed by atoms with Crippen molar-refractivity contribution in [2.45, 2.75) is 51.5 Å². The number of anilines is 1. The Balaban J connectivity index is 1.71. The second-order valence-corrected chi connectivity index (χ2v) is 6.54. The minimum Gasteiger partial charge on any atom is -0.349 e. The number of amides is 2. The van der Waals surface area contributed by atoms with Crippen LogP contribution in [0.4, 0.5) is 5.69 Å². The Hall–Kier alpha value is -1.84. The summed E-state index contributed by atoms with van der Waals surface area (Å²) in [5.41, 5.74) is 1.49. The fourth-order valence-corrected chi connectivity index (χ4v) is 3.52. The molecule has 118 valence electrons. The lowest BCUT2D eigenvalue weighted by Crippen LogP contribution is -2.41. The van der Waals surface area contributed by atoms with E-state index in [4.69, 9.17) is 0 Å². The lowest BCUT2D eigenvalue weighted by Gasteiger charge is -2.29. The van der Waals surface area contributed by atoms with Gasteiger partial charge in [-0.15, -0.1) is 0 Å². The average molecular weight is 300 g/mol. The molecule has 2 atom stereocenters. The van der Waals surface area contributed by atoms with E-state index in [9.17, 15) is 9.59 Å². The molecule has 0 bridgehead atoms. The van der Waals surface area contributed by atoms with Crippen molar-refractivity contribution in [1.29, 1.82) is 0 Å². The summed E-state index contributed by atoms with van der Waals surface area (Å²) in [7, 11) is 0. The first-order valence-electron chi connectivity index (χ1n) is 8.36. The Morgan fingerprint density at radius 1 is 1.23 bits per heavy atom. The molecule has 1 saturated heterocycles. The minimum atomic E-state index is -0.0211. The fraction of sp³-hybridized carbons (Fsp3) is 0.556. The Labute approximate surface area is 131 Å². The Bertz CT molecular complexity index is 570. The molecule has 1 saturated carbocycles. The van der Waals surface area contributed by atoms with E-state index >= 15 is 0 Å². The molecule has 2 amide bonds. The summed E-state index contributed by atoms with van der Waals surface area (Å²) in [6, 6.07) is 7.71. The molecule has 1 aromatic rings. The molecule has 0 unspecified atom stereocenters. The van der Waals surface area contributed by atoms with E-state index in [2.05, 4.69) is 12.2 Å². The van der Waals surface area contributed by atoms with Crippen molar-refractivity contribution in [1.82, 2.24) is 5.32 Å². The van der Waals surface area contributed by atoms with Crippen LogP contribution in [0.3, 0.4) is 0 Å². The van der Waals surface area contributed by atoms with Crippen molar-refractivity contribution in [2.24, 2.45) is 5.92 Å². The van der Waals surface area contributed by atoms with Crippen LogP contribution in [0, 0.1) is 5.92 Å². The van der Waals surface area contributed by atoms with E-state index in [0.717, 1.165) is 25.1 Å². The summed E-state index contributed by atoms with van der Waals surface area (Å²) in [6.07, 6.45) is 6.22. The summed E-state index contributed by atoms with van der Waals surface area (Å²) in [5, 5.41) is 3.17. The second kappa shape index (κ2) is 6.51. The molecule has 3 rings (SSSR count). The predicted octanol–water partition coefficient (Wildman–Crippen LogP) is 3.12. The number of carbonyl (C=O) groups is 2. The summed E-state index contributed by atoms with van der Waals surface area (Å²) in [5.74, 6) is 0.673. The maximum Gasteiger partial charge on any atom is 0.251 e. The number of nitrogens with zero attached hydrogens (tertiary/aromatic N) is 1. The third-order valence-electron chi connectivity index (χ3n) is 4.92. The summed E-state index contributed by atoms with van der Waals surface area (Å²) in [4.78, 5) is 26.1. The van der Waals surface area contributed by atoms with Crippen LogP contribution in [0.2, 0.25) is 0 Å². The van der Waals surface area contributed by atoms with Gasteiger partial charge in [0, 0.05) is 30.3 Å². The van der Waals surface area contributed by atoms with Crippen LogP contribution >= 0.6 is 0 Å². The van der Waals surface area contributed by atoms with Crippen LogP contribution in [-0.4, -0.2) is 24.4 Å². The SMILES string of the molecule is C[C@@H]1CCCC[C@H]1NC(=O)c1cccc(N2CCCC2=O)c1. The zero-order chi connectivity index (χ0) is 15.5. The summed E-state index contributed by atoms with van der Waals surface area (Å²) in [6.45, 7) is 2.97. The Morgan fingerprint density at radius 3 is 2.77 bits per heavy atom. The molecule has 1 aliphatic carbocycles. The molecule has 0 spiro atoms. The first-order chi connectivity index (χ1) is 10.6. The van der Waals surface area contributed by atoms with Crippen LogP contribution in [0.25, 0.3) is 0 Å². The molecule has 4 nitrogen and oxygen atoms in total. The maximum absolute atomic E-state index is 12.5. The van der Waals surface area contributed by atoms with Gasteiger partial charge in [-0.25, -0.2) is 0 Å². The molecule has 0 aromatic heterocycles. The number of benzene rings is 1. The van der Waals surface area contributed by atoms with Crippen molar-refractivity contribution >= 4 is 17.5 Å². The van der Waals surface area contributed by atoms with Gasteiger partial charge in [0.1, 0.15) is 0 Å². The lowest BCUT2D eigenvalue weighted by molar-refractivity contribution is -0.117. The number of rotatable bonds is 3. The monoisotopic (exact) mass is 300 g/mol. The molecule has 1 heterocycles. The molecule has 1 aromatic carbocycles. The number of hydrogen-bond donors (Lipinski definition) is 1. The van der Waals surface area contributed by atoms with E-state index < -0.39 is 0 Å². The highest BCUT2D eigenvalue weighted by molar-refractivity contribution is 5.99. The number of nitrogens with one attached hydrogen (secondary N) is 1. The van der Waals surface area contributed by atoms with Crippen LogP contribution in [0.1, 0.15) is 55.8 Å². The van der Waals surface area contributed by atoms with Gasteiger partial charge in [0.25, 0.3) is 5.91 Å². The highest BCUT2D eigenvalue weighted by Crippen LogP contribution is 2.25. The van der Waals surface area contributed by atoms with Gasteiger partial charge >= 0.3 is 0 Å². The summed E-state index contributed by atoms with van der Waals surface area (Å²) < 4.78 is 0. The Kier molecular flexibility index (Phi) is 4.46. The molecule has 0 radical (unpaired) electrons. The van der Waals surface area contributed by atoms with Crippen LogP contribution < -0.4 is 10.2 Å². The van der Waals surface area contributed by atoms with Crippen LogP contribution in [-0.2, 0) is 4.79 Å². The number of carbonyl (C=O) groups excluding carboxylic acids is 2. The fourth-order valence-electron chi connectivity index (χ4n) is 3.52. The highest BCUT2D eigenvalue weighted by Gasteiger charge is 2.25. The first-order valence-corrected chi connectivity index (χ1v) is 8.36. The molecule has 1 aliphatic heterocycles. The topological polar surface area (TPSA) is 49.4 Å². The largest absolute Gasteiger partial charge is 0.349 e. The lowest BCUT2D eigenvalue weighted by atomic mass is 9.86. The van der Waals surface area contributed by atoms with Crippen LogP contribution in [0.15, 0.2) is 24.3 Å². The number of hydrogen-bond acceptors (Lipinski definition) is 2. The van der Waals surface area contributed by atoms with Gasteiger partial charge in [0.2, 0.25) is 5.91 Å². The van der Waals surface area contributed by atoms with E-state index in [1.165, 1.54) is 19.3 Å². The molecule has 2 aliphatic rings. The first kappa shape index (κ1) is 15.1. The standard InChI is InChI=1S/C18H24N2O2/c1-13-6-2-3-9-16(13)19-18(22)14-7-4-8-15(12-14)20-11-5-10-17(20)21/h4,7-8,12-13,16H,2-3,5-6,9-11H2,1H3,(H,19,22)/t13-,16-/m1/s1. The van der Waals surface area contributed by atoms with Gasteiger partial charge in [-0.3, -0.25) is 9.59 Å². The van der Waals surface area contributed by atoms with Gasteiger partial charge in [0.05, 0.1) is 0 Å². The van der Waals surface area contributed by atoms with Crippen molar-refractivity contribution in [2.75, 3.05) is 11.4 Å². The zero-order valence-corrected chi connectivity index (χ0v) is 13.2. The minimum absolute atomic E-state index is 0.0211.